The number of fused-ring (bicyclic) bond motifs is 3. The minimum atomic E-state index is -5.25. The third kappa shape index (κ3) is 19.0. The quantitative estimate of drug-likeness (QED) is 0.0197. The number of hydrogen-bond acceptors (Lipinski definition) is 25. The number of esters is 2. The van der Waals surface area contributed by atoms with Crippen LogP contribution in [0, 0.1) is 0 Å². The first-order valence-corrected chi connectivity index (χ1v) is 28.9. The highest BCUT2D eigenvalue weighted by molar-refractivity contribution is 8.01. The Labute approximate surface area is 506 Å². The normalized spacial score (nSPS) is 26.8. The fraction of sp³-hybridized carbons (Fsp3) is 0.679. The van der Waals surface area contributed by atoms with Crippen molar-refractivity contribution in [2.24, 2.45) is 0 Å². The molecule has 0 aromatic heterocycles. The van der Waals surface area contributed by atoms with Gasteiger partial charge >= 0.3 is 36.1 Å². The number of carbonyl (C=O) groups is 9. The minimum absolute atomic E-state index is 0.0547. The number of thioether (sulfide) groups is 1. The number of ketones is 1. The van der Waals surface area contributed by atoms with E-state index in [9.17, 15) is 89.9 Å². The number of allylic oxidation sites excluding steroid dienone is 1. The lowest BCUT2D eigenvalue weighted by Crippen LogP contribution is -2.70. The fourth-order valence-corrected chi connectivity index (χ4v) is 11.1. The standard InChI is InChI=1S/C53H67F6N5O24S/c1-27(65)26-89-35-21-38(68)62(46(35)74)4-7-82-29-2-3-30-28(19-39(69)83-16-14-78-10-12-80-24-36(66)60-22-33-42(70)44(72)40-48(87-33)85-8-5-63(40)50(76)52(54,55)56)18-32(31(30)20-29)47(75)84-17-15-79-11-13-81-25-37(67)61-23-34-43(71)45(73)41-49(88-34)86-9-6-64(41)51(77)53(57,58)59/h2-3,18,20,28,33-35,40-45,48-49,70-73H,4-17,19,21-26H2,1H3,(H,60,66)(H,61,67)/t28?,33?,34?,35?,40-,41-,42+,43+,44-,45-,48?,49?/m1/s1. The van der Waals surface area contributed by atoms with Gasteiger partial charge in [-0.25, -0.2) is 4.79 Å². The zero-order chi connectivity index (χ0) is 64.7. The summed E-state index contributed by atoms with van der Waals surface area (Å²) < 4.78 is 139. The van der Waals surface area contributed by atoms with Gasteiger partial charge in [-0.05, 0) is 30.2 Å². The summed E-state index contributed by atoms with van der Waals surface area (Å²) in [6.45, 7) is -3.46. The van der Waals surface area contributed by atoms with Crippen molar-refractivity contribution in [1.82, 2.24) is 25.3 Å². The summed E-state index contributed by atoms with van der Waals surface area (Å²) in [6, 6.07) is 1.39. The Hall–Kier alpha value is -6.16. The summed E-state index contributed by atoms with van der Waals surface area (Å²) in [5.74, 6) is -8.77. The molecule has 6 aliphatic rings. The van der Waals surface area contributed by atoms with Gasteiger partial charge in [-0.1, -0.05) is 12.1 Å². The average Bonchev–Trinajstić information content (AvgIpc) is 1.45. The Bertz CT molecular complexity index is 2730. The highest BCUT2D eigenvalue weighted by Gasteiger charge is 2.57. The zero-order valence-corrected chi connectivity index (χ0v) is 48.4. The largest absolute Gasteiger partial charge is 0.492 e. The van der Waals surface area contributed by atoms with Crippen molar-refractivity contribution in [3.05, 3.63) is 35.4 Å². The van der Waals surface area contributed by atoms with Gasteiger partial charge in [-0.15, -0.1) is 11.8 Å². The van der Waals surface area contributed by atoms with Crippen LogP contribution >= 0.6 is 11.8 Å². The van der Waals surface area contributed by atoms with Crippen molar-refractivity contribution in [2.75, 3.05) is 124 Å². The fourth-order valence-electron chi connectivity index (χ4n) is 10.2. The van der Waals surface area contributed by atoms with Crippen LogP contribution in [0.5, 0.6) is 5.75 Å². The van der Waals surface area contributed by atoms with Crippen LogP contribution in [0.3, 0.4) is 0 Å². The summed E-state index contributed by atoms with van der Waals surface area (Å²) in [5, 5.41) is 46.4. The van der Waals surface area contributed by atoms with Crippen LogP contribution in [0.1, 0.15) is 36.8 Å². The van der Waals surface area contributed by atoms with E-state index in [1.54, 1.807) is 12.1 Å². The van der Waals surface area contributed by atoms with Crippen LogP contribution in [0.25, 0.3) is 5.57 Å². The van der Waals surface area contributed by atoms with E-state index in [1.807, 2.05) is 0 Å². The number of benzene rings is 1. The molecule has 0 bridgehead atoms. The molecule has 1 aliphatic carbocycles. The van der Waals surface area contributed by atoms with Crippen molar-refractivity contribution < 1.29 is 142 Å². The molecular weight excluding hydrogens is 1240 g/mol. The third-order valence-corrected chi connectivity index (χ3v) is 15.8. The summed E-state index contributed by atoms with van der Waals surface area (Å²) in [4.78, 5) is 114. The number of amides is 6. The van der Waals surface area contributed by atoms with Gasteiger partial charge in [-0.2, -0.15) is 26.3 Å². The zero-order valence-electron chi connectivity index (χ0n) is 47.6. The predicted molar refractivity (Wildman–Crippen MR) is 283 cm³/mol. The first-order valence-electron chi connectivity index (χ1n) is 27.9. The number of ether oxygens (including phenoxy) is 11. The molecule has 1 aromatic carbocycles. The maximum atomic E-state index is 13.6. The summed E-state index contributed by atoms with van der Waals surface area (Å²) in [6.07, 6.45) is -22.4. The molecule has 6 unspecified atom stereocenters. The average molecular weight is 1300 g/mol. The van der Waals surface area contributed by atoms with Gasteiger partial charge in [0, 0.05) is 38.5 Å². The third-order valence-electron chi connectivity index (χ3n) is 14.4. The number of hydrogen-bond donors (Lipinski definition) is 6. The van der Waals surface area contributed by atoms with Gasteiger partial charge in [0.05, 0.1) is 82.4 Å². The van der Waals surface area contributed by atoms with Crippen molar-refractivity contribution in [1.29, 1.82) is 0 Å². The number of halogens is 6. The van der Waals surface area contributed by atoms with Gasteiger partial charge < -0.3 is 93.0 Å². The summed E-state index contributed by atoms with van der Waals surface area (Å²) in [7, 11) is 0. The lowest BCUT2D eigenvalue weighted by Gasteiger charge is -2.49. The maximum absolute atomic E-state index is 13.6. The molecule has 29 nitrogen and oxygen atoms in total. The van der Waals surface area contributed by atoms with Gasteiger partial charge in [0.25, 0.3) is 0 Å². The van der Waals surface area contributed by atoms with Gasteiger partial charge in [-0.3, -0.25) is 43.3 Å². The Morgan fingerprint density at radius 1 is 0.674 bits per heavy atom. The number of imide groups is 1. The van der Waals surface area contributed by atoms with E-state index in [-0.39, 0.29) is 115 Å². The number of morpholine rings is 2. The van der Waals surface area contributed by atoms with E-state index in [4.69, 9.17) is 52.1 Å². The Balaban J connectivity index is 0.808. The SMILES string of the molecule is CC(=O)CSC1CC(=O)N(CCOc2ccc3c(c2)C(C(=O)OCCOCCOCC(=O)NCC2OC4OCCN(C(=O)C(F)(F)F)[C@@H]4[C@@H](O)[C@H]2O)=CC3CC(=O)OCCOCCOCC(=O)NCC2OC3OCCN(C(=O)C(F)(F)F)[C@@H]3[C@@H](O)[C@H]2O)C1=O. The Morgan fingerprint density at radius 3 is 1.70 bits per heavy atom. The molecule has 5 heterocycles. The molecule has 0 radical (unpaired) electrons. The second-order valence-electron chi connectivity index (χ2n) is 20.6. The minimum Gasteiger partial charge on any atom is -0.492 e. The lowest BCUT2D eigenvalue weighted by molar-refractivity contribution is -0.300. The second kappa shape index (κ2) is 32.2. The molecule has 1 aromatic rings. The number of nitrogens with zero attached hydrogens (tertiary/aromatic N) is 3. The molecule has 5 saturated heterocycles. The van der Waals surface area contributed by atoms with Gasteiger partial charge in [0.2, 0.25) is 23.6 Å². The Kier molecular flexibility index (Phi) is 25.4. The molecule has 6 amide bonds. The number of likely N-dealkylation sites (tertiary alicyclic amines) is 1. The molecule has 5 fully saturated rings. The van der Waals surface area contributed by atoms with E-state index in [0.717, 1.165) is 16.7 Å². The lowest BCUT2D eigenvalue weighted by atomic mass is 9.94. The molecule has 0 spiro atoms. The van der Waals surface area contributed by atoms with Crippen LogP contribution < -0.4 is 15.4 Å². The molecule has 7 rings (SSSR count). The number of nitrogens with one attached hydrogen (secondary N) is 2. The van der Waals surface area contributed by atoms with Crippen LogP contribution in [0.2, 0.25) is 0 Å². The number of aliphatic hydroxyl groups excluding tert-OH is 4. The van der Waals surface area contributed by atoms with Gasteiger partial charge in [0.15, 0.2) is 12.6 Å². The topological polar surface area (TPSA) is 370 Å². The smallest absolute Gasteiger partial charge is 0.471 e. The van der Waals surface area contributed by atoms with E-state index in [1.165, 1.54) is 19.1 Å². The van der Waals surface area contributed by atoms with Crippen molar-refractivity contribution >= 4 is 70.5 Å². The first kappa shape index (κ1) is 70.3. The number of carbonyl (C=O) groups excluding carboxylic acids is 9. The van der Waals surface area contributed by atoms with Crippen LogP contribution in [0.15, 0.2) is 24.3 Å². The summed E-state index contributed by atoms with van der Waals surface area (Å²) in [5.41, 5.74) is 0.913. The van der Waals surface area contributed by atoms with E-state index in [2.05, 4.69) is 10.6 Å². The number of Topliss-reactive ketones (excluding diaryl/α,β-unsaturated/α-hetero) is 1. The van der Waals surface area contributed by atoms with Crippen molar-refractivity contribution in [3.63, 3.8) is 0 Å². The molecule has 496 valence electrons. The second-order valence-corrected chi connectivity index (χ2v) is 21.8. The number of rotatable bonds is 30. The summed E-state index contributed by atoms with van der Waals surface area (Å²) >= 11 is 1.08. The van der Waals surface area contributed by atoms with Crippen LogP contribution in [-0.4, -0.2) is 292 Å². The van der Waals surface area contributed by atoms with E-state index in [0.29, 0.717) is 20.9 Å². The number of aliphatic hydroxyl groups is 4. The molecule has 6 N–H and O–H groups in total. The molecule has 0 saturated carbocycles. The maximum Gasteiger partial charge on any atom is 0.471 e. The highest BCUT2D eigenvalue weighted by Crippen LogP contribution is 2.41. The monoisotopic (exact) mass is 1300 g/mol. The van der Waals surface area contributed by atoms with E-state index >= 15 is 0 Å². The van der Waals surface area contributed by atoms with Crippen molar-refractivity contribution in [3.8, 4) is 5.75 Å². The molecular formula is C53H67F6N5O24S. The van der Waals surface area contributed by atoms with E-state index < -0.39 is 172 Å². The molecule has 36 heteroatoms. The van der Waals surface area contributed by atoms with Gasteiger partial charge in [0.1, 0.15) is 93.3 Å². The first-order chi connectivity index (χ1) is 42.2. The molecule has 5 aliphatic heterocycles. The van der Waals surface area contributed by atoms with Crippen LogP contribution in [-0.2, 0) is 90.5 Å². The number of alkyl halides is 6. The predicted octanol–water partition coefficient (Wildman–Crippen LogP) is -2.76. The van der Waals surface area contributed by atoms with Crippen LogP contribution in [0.4, 0.5) is 26.3 Å². The van der Waals surface area contributed by atoms with Crippen molar-refractivity contribution in [2.45, 2.75) is 105 Å². The Morgan fingerprint density at radius 2 is 1.18 bits per heavy atom. The highest BCUT2D eigenvalue weighted by atomic mass is 32.2. The molecule has 12 atom stereocenters. The molecule has 89 heavy (non-hydrogen) atoms.